The average molecular weight is 339 g/mol. The summed E-state index contributed by atoms with van der Waals surface area (Å²) in [7, 11) is -1.41. The van der Waals surface area contributed by atoms with Crippen LogP contribution in [0.4, 0.5) is 0 Å². The minimum atomic E-state index is -3.07. The standard InChI is InChI=1S/C17H25NO4S/c1-21-17-8-3-2-5-14(17)13-22-15-9-11-18(12-10-15)23(19,20)16-6-4-7-16/h2-3,5,8,15-16H,4,6-7,9-13H2,1H3. The van der Waals surface area contributed by atoms with Crippen LogP contribution in [-0.4, -0.2) is 44.3 Å². The average Bonchev–Trinajstić information content (AvgIpc) is 2.51. The Kier molecular flexibility index (Phi) is 5.24. The third-order valence-electron chi connectivity index (χ3n) is 4.90. The van der Waals surface area contributed by atoms with E-state index in [1.165, 1.54) is 0 Å². The van der Waals surface area contributed by atoms with E-state index < -0.39 is 10.0 Å². The minimum Gasteiger partial charge on any atom is -0.496 e. The molecule has 0 spiro atoms. The summed E-state index contributed by atoms with van der Waals surface area (Å²) in [5.74, 6) is 0.831. The molecule has 1 aromatic carbocycles. The predicted molar refractivity (Wildman–Crippen MR) is 88.9 cm³/mol. The molecule has 23 heavy (non-hydrogen) atoms. The van der Waals surface area contributed by atoms with Crippen LogP contribution in [0.25, 0.3) is 0 Å². The zero-order valence-electron chi connectivity index (χ0n) is 13.6. The van der Waals surface area contributed by atoms with Crippen LogP contribution in [0.2, 0.25) is 0 Å². The largest absolute Gasteiger partial charge is 0.496 e. The second-order valence-electron chi connectivity index (χ2n) is 6.32. The highest BCUT2D eigenvalue weighted by Crippen LogP contribution is 2.30. The quantitative estimate of drug-likeness (QED) is 0.799. The first-order valence-corrected chi connectivity index (χ1v) is 9.84. The van der Waals surface area contributed by atoms with Gasteiger partial charge in [-0.25, -0.2) is 12.7 Å². The van der Waals surface area contributed by atoms with Gasteiger partial charge in [-0.15, -0.1) is 0 Å². The molecule has 0 atom stereocenters. The number of rotatable bonds is 6. The van der Waals surface area contributed by atoms with Gasteiger partial charge in [-0.1, -0.05) is 24.6 Å². The lowest BCUT2D eigenvalue weighted by Crippen LogP contribution is -2.46. The molecule has 0 aromatic heterocycles. The summed E-state index contributed by atoms with van der Waals surface area (Å²) >= 11 is 0. The van der Waals surface area contributed by atoms with Crippen LogP contribution in [0.5, 0.6) is 5.75 Å². The molecule has 128 valence electrons. The Labute approximate surface area is 138 Å². The Morgan fingerprint density at radius 3 is 2.43 bits per heavy atom. The number of sulfonamides is 1. The normalized spacial score (nSPS) is 21.1. The van der Waals surface area contributed by atoms with E-state index in [0.717, 1.165) is 43.4 Å². The fraction of sp³-hybridized carbons (Fsp3) is 0.647. The molecule has 6 heteroatoms. The highest BCUT2D eigenvalue weighted by atomic mass is 32.2. The van der Waals surface area contributed by atoms with Gasteiger partial charge in [-0.2, -0.15) is 0 Å². The van der Waals surface area contributed by atoms with Gasteiger partial charge in [-0.05, 0) is 31.7 Å². The maximum Gasteiger partial charge on any atom is 0.216 e. The van der Waals surface area contributed by atoms with Crippen molar-refractivity contribution in [2.45, 2.75) is 50.1 Å². The van der Waals surface area contributed by atoms with Gasteiger partial charge in [-0.3, -0.25) is 0 Å². The third-order valence-corrected chi connectivity index (χ3v) is 7.30. The first-order valence-electron chi connectivity index (χ1n) is 8.33. The number of benzene rings is 1. The van der Waals surface area contributed by atoms with Gasteiger partial charge < -0.3 is 9.47 Å². The van der Waals surface area contributed by atoms with Crippen LogP contribution in [0.15, 0.2) is 24.3 Å². The molecular weight excluding hydrogens is 314 g/mol. The van der Waals surface area contributed by atoms with Crippen molar-refractivity contribution in [3.05, 3.63) is 29.8 Å². The summed E-state index contributed by atoms with van der Waals surface area (Å²) in [6.45, 7) is 1.66. The number of piperidine rings is 1. The van der Waals surface area contributed by atoms with E-state index in [1.54, 1.807) is 11.4 Å². The fourth-order valence-electron chi connectivity index (χ4n) is 3.16. The topological polar surface area (TPSA) is 55.8 Å². The first kappa shape index (κ1) is 16.7. The Bertz CT molecular complexity index is 619. The van der Waals surface area contributed by atoms with Gasteiger partial charge in [0.1, 0.15) is 5.75 Å². The van der Waals surface area contributed by atoms with Crippen LogP contribution >= 0.6 is 0 Å². The number of ether oxygens (including phenoxy) is 2. The second kappa shape index (κ2) is 7.20. The SMILES string of the molecule is COc1ccccc1COC1CCN(S(=O)(=O)C2CCC2)CC1. The van der Waals surface area contributed by atoms with E-state index in [9.17, 15) is 8.42 Å². The maximum absolute atomic E-state index is 12.4. The van der Waals surface area contributed by atoms with Crippen LogP contribution in [-0.2, 0) is 21.4 Å². The van der Waals surface area contributed by atoms with Crippen molar-refractivity contribution in [2.24, 2.45) is 0 Å². The van der Waals surface area contributed by atoms with Crippen molar-refractivity contribution in [2.75, 3.05) is 20.2 Å². The molecule has 1 aliphatic carbocycles. The summed E-state index contributed by atoms with van der Waals surface area (Å²) in [6, 6.07) is 7.82. The molecule has 0 amide bonds. The summed E-state index contributed by atoms with van der Waals surface area (Å²) in [5.41, 5.74) is 1.03. The molecule has 2 aliphatic rings. The fourth-order valence-corrected chi connectivity index (χ4v) is 5.23. The Hall–Kier alpha value is -1.11. The van der Waals surface area contributed by atoms with Crippen LogP contribution in [0.3, 0.4) is 0 Å². The van der Waals surface area contributed by atoms with Crippen LogP contribution < -0.4 is 4.74 Å². The van der Waals surface area contributed by atoms with Crippen molar-refractivity contribution in [3.8, 4) is 5.75 Å². The molecule has 1 saturated heterocycles. The summed E-state index contributed by atoms with van der Waals surface area (Å²) in [4.78, 5) is 0. The van der Waals surface area contributed by atoms with Gasteiger partial charge in [0, 0.05) is 18.7 Å². The van der Waals surface area contributed by atoms with Crippen molar-refractivity contribution < 1.29 is 17.9 Å². The number of hydrogen-bond donors (Lipinski definition) is 0. The zero-order chi connectivity index (χ0) is 16.3. The lowest BCUT2D eigenvalue weighted by atomic mass is 10.0. The molecular formula is C17H25NO4S. The monoisotopic (exact) mass is 339 g/mol. The number of methoxy groups -OCH3 is 1. The van der Waals surface area contributed by atoms with E-state index in [0.29, 0.717) is 19.7 Å². The summed E-state index contributed by atoms with van der Waals surface area (Å²) in [5, 5.41) is -0.131. The number of nitrogens with zero attached hydrogens (tertiary/aromatic N) is 1. The molecule has 1 heterocycles. The number of para-hydroxylation sites is 1. The van der Waals surface area contributed by atoms with E-state index >= 15 is 0 Å². The van der Waals surface area contributed by atoms with Gasteiger partial charge >= 0.3 is 0 Å². The van der Waals surface area contributed by atoms with E-state index in [1.807, 2.05) is 24.3 Å². The second-order valence-corrected chi connectivity index (χ2v) is 8.53. The van der Waals surface area contributed by atoms with Crippen molar-refractivity contribution in [1.82, 2.24) is 4.31 Å². The smallest absolute Gasteiger partial charge is 0.216 e. The Morgan fingerprint density at radius 1 is 1.13 bits per heavy atom. The molecule has 0 radical (unpaired) electrons. The third kappa shape index (κ3) is 3.70. The van der Waals surface area contributed by atoms with Crippen LogP contribution in [0, 0.1) is 0 Å². The van der Waals surface area contributed by atoms with Gasteiger partial charge in [0.25, 0.3) is 0 Å². The maximum atomic E-state index is 12.4. The minimum absolute atomic E-state index is 0.118. The number of hydrogen-bond acceptors (Lipinski definition) is 4. The van der Waals surface area contributed by atoms with Crippen molar-refractivity contribution in [1.29, 1.82) is 0 Å². The molecule has 5 nitrogen and oxygen atoms in total. The van der Waals surface area contributed by atoms with Gasteiger partial charge in [0.05, 0.1) is 25.1 Å². The zero-order valence-corrected chi connectivity index (χ0v) is 14.4. The van der Waals surface area contributed by atoms with Gasteiger partial charge in [0.2, 0.25) is 10.0 Å². The van der Waals surface area contributed by atoms with Gasteiger partial charge in [0.15, 0.2) is 0 Å². The van der Waals surface area contributed by atoms with E-state index in [-0.39, 0.29) is 11.4 Å². The molecule has 3 rings (SSSR count). The highest BCUT2D eigenvalue weighted by Gasteiger charge is 2.37. The predicted octanol–water partition coefficient (Wildman–Crippen LogP) is 2.56. The lowest BCUT2D eigenvalue weighted by Gasteiger charge is -2.36. The van der Waals surface area contributed by atoms with E-state index in [4.69, 9.17) is 9.47 Å². The molecule has 2 fully saturated rings. The molecule has 0 N–H and O–H groups in total. The van der Waals surface area contributed by atoms with Crippen molar-refractivity contribution in [3.63, 3.8) is 0 Å². The van der Waals surface area contributed by atoms with Crippen molar-refractivity contribution >= 4 is 10.0 Å². The highest BCUT2D eigenvalue weighted by molar-refractivity contribution is 7.89. The molecule has 0 unspecified atom stereocenters. The molecule has 1 saturated carbocycles. The summed E-state index contributed by atoms with van der Waals surface area (Å²) in [6.07, 6.45) is 4.34. The summed E-state index contributed by atoms with van der Waals surface area (Å²) < 4.78 is 37.8. The Balaban J connectivity index is 1.49. The molecule has 0 bridgehead atoms. The lowest BCUT2D eigenvalue weighted by molar-refractivity contribution is 0.00922. The molecule has 1 aliphatic heterocycles. The first-order chi connectivity index (χ1) is 11.1. The Morgan fingerprint density at radius 2 is 1.83 bits per heavy atom. The van der Waals surface area contributed by atoms with Crippen LogP contribution in [0.1, 0.15) is 37.7 Å². The van der Waals surface area contributed by atoms with E-state index in [2.05, 4.69) is 0 Å². The molecule has 1 aromatic rings.